The highest BCUT2D eigenvalue weighted by Crippen LogP contribution is 2.24. The molecule has 0 saturated carbocycles. The summed E-state index contributed by atoms with van der Waals surface area (Å²) in [7, 11) is 0. The number of rotatable bonds is 3. The van der Waals surface area contributed by atoms with Crippen molar-refractivity contribution in [2.75, 3.05) is 11.1 Å². The van der Waals surface area contributed by atoms with E-state index in [0.717, 1.165) is 0 Å². The van der Waals surface area contributed by atoms with E-state index in [0.29, 0.717) is 11.4 Å². The number of nitrogens with one attached hydrogen (secondary N) is 1. The maximum Gasteiger partial charge on any atom is 0.282 e. The molecule has 0 aliphatic rings. The van der Waals surface area contributed by atoms with Crippen LogP contribution in [0.4, 0.5) is 17.1 Å². The minimum atomic E-state index is -0.634. The molecule has 2 aromatic rings. The number of nitrogen functional groups attached to an aromatic ring is 1. The van der Waals surface area contributed by atoms with Gasteiger partial charge in [0, 0.05) is 22.5 Å². The third kappa shape index (κ3) is 3.04. The van der Waals surface area contributed by atoms with Crippen molar-refractivity contribution >= 4 is 34.6 Å². The first-order valence-electron chi connectivity index (χ1n) is 5.58. The maximum absolute atomic E-state index is 12.1. The number of nitrogens with zero attached hydrogens (tertiary/aromatic N) is 1. The van der Waals surface area contributed by atoms with E-state index in [2.05, 4.69) is 5.32 Å². The fraction of sp³-hybridized carbons (Fsp3) is 0. The third-order valence-electron chi connectivity index (χ3n) is 2.54. The van der Waals surface area contributed by atoms with E-state index in [1.807, 2.05) is 0 Å². The van der Waals surface area contributed by atoms with Gasteiger partial charge in [-0.3, -0.25) is 14.9 Å². The third-order valence-corrected chi connectivity index (χ3v) is 2.78. The van der Waals surface area contributed by atoms with E-state index in [9.17, 15) is 14.9 Å². The summed E-state index contributed by atoms with van der Waals surface area (Å²) in [6, 6.07) is 10.3. The molecule has 0 aliphatic heterocycles. The van der Waals surface area contributed by atoms with Crippen molar-refractivity contribution in [3.05, 3.63) is 63.2 Å². The lowest BCUT2D eigenvalue weighted by Gasteiger charge is -2.06. The van der Waals surface area contributed by atoms with E-state index >= 15 is 0 Å². The normalized spacial score (nSPS) is 10.1. The lowest BCUT2D eigenvalue weighted by molar-refractivity contribution is -0.385. The van der Waals surface area contributed by atoms with Crippen LogP contribution in [0.5, 0.6) is 0 Å². The molecule has 2 rings (SSSR count). The van der Waals surface area contributed by atoms with Crippen molar-refractivity contribution in [2.45, 2.75) is 0 Å². The molecule has 7 heteroatoms. The topological polar surface area (TPSA) is 98.3 Å². The van der Waals surface area contributed by atoms with Crippen LogP contribution in [0.3, 0.4) is 0 Å². The van der Waals surface area contributed by atoms with Gasteiger partial charge >= 0.3 is 0 Å². The van der Waals surface area contributed by atoms with Crippen LogP contribution in [0.15, 0.2) is 42.5 Å². The summed E-state index contributed by atoms with van der Waals surface area (Å²) in [6.45, 7) is 0. The van der Waals surface area contributed by atoms with Gasteiger partial charge in [0.15, 0.2) is 0 Å². The lowest BCUT2D eigenvalue weighted by Crippen LogP contribution is -2.14. The van der Waals surface area contributed by atoms with Crippen molar-refractivity contribution in [3.63, 3.8) is 0 Å². The summed E-state index contributed by atoms with van der Waals surface area (Å²) in [5, 5.41) is 13.7. The molecule has 0 heterocycles. The van der Waals surface area contributed by atoms with E-state index < -0.39 is 10.8 Å². The van der Waals surface area contributed by atoms with Gasteiger partial charge in [-0.1, -0.05) is 17.7 Å². The second-order valence-corrected chi connectivity index (χ2v) is 4.43. The highest BCUT2D eigenvalue weighted by atomic mass is 35.5. The molecule has 0 unspecified atom stereocenters. The van der Waals surface area contributed by atoms with Gasteiger partial charge < -0.3 is 11.1 Å². The van der Waals surface area contributed by atoms with Crippen molar-refractivity contribution in [1.82, 2.24) is 0 Å². The first kappa shape index (κ1) is 13.8. The largest absolute Gasteiger partial charge is 0.399 e. The first-order chi connectivity index (χ1) is 9.47. The number of carbonyl (C=O) groups excluding carboxylic acids is 1. The Morgan fingerprint density at radius 3 is 2.65 bits per heavy atom. The van der Waals surface area contributed by atoms with Crippen LogP contribution in [-0.2, 0) is 0 Å². The molecule has 0 saturated heterocycles. The molecule has 2 aromatic carbocycles. The Balaban J connectivity index is 2.34. The van der Waals surface area contributed by atoms with E-state index in [4.69, 9.17) is 17.3 Å². The van der Waals surface area contributed by atoms with Crippen molar-refractivity contribution in [2.24, 2.45) is 0 Å². The number of carbonyl (C=O) groups is 1. The van der Waals surface area contributed by atoms with Crippen molar-refractivity contribution < 1.29 is 9.72 Å². The van der Waals surface area contributed by atoms with Gasteiger partial charge in [0.1, 0.15) is 5.56 Å². The molecule has 0 bridgehead atoms. The number of nitro benzene ring substituents is 1. The van der Waals surface area contributed by atoms with E-state index in [1.54, 1.807) is 24.3 Å². The smallest absolute Gasteiger partial charge is 0.282 e. The number of nitro groups is 1. The van der Waals surface area contributed by atoms with Crippen LogP contribution in [0.2, 0.25) is 5.02 Å². The van der Waals surface area contributed by atoms with Crippen LogP contribution in [0, 0.1) is 10.1 Å². The Bertz CT molecular complexity index is 688. The number of amides is 1. The van der Waals surface area contributed by atoms with Gasteiger partial charge in [0.25, 0.3) is 11.6 Å². The van der Waals surface area contributed by atoms with Crippen LogP contribution in [-0.4, -0.2) is 10.8 Å². The SMILES string of the molecule is Nc1cccc(NC(=O)c2cc(Cl)ccc2[N+](=O)[O-])c1. The molecule has 0 radical (unpaired) electrons. The zero-order valence-corrected chi connectivity index (χ0v) is 10.9. The molecule has 6 nitrogen and oxygen atoms in total. The summed E-state index contributed by atoms with van der Waals surface area (Å²) in [5.41, 5.74) is 6.10. The fourth-order valence-electron chi connectivity index (χ4n) is 1.66. The number of benzene rings is 2. The highest BCUT2D eigenvalue weighted by molar-refractivity contribution is 6.31. The minimum absolute atomic E-state index is 0.107. The Hall–Kier alpha value is -2.60. The Labute approximate surface area is 119 Å². The molecule has 0 spiro atoms. The number of halogens is 1. The summed E-state index contributed by atoms with van der Waals surface area (Å²) >= 11 is 5.77. The van der Waals surface area contributed by atoms with Gasteiger partial charge in [-0.2, -0.15) is 0 Å². The summed E-state index contributed by atoms with van der Waals surface area (Å²) in [4.78, 5) is 22.4. The molecule has 1 amide bonds. The summed E-state index contributed by atoms with van der Waals surface area (Å²) in [6.07, 6.45) is 0. The Kier molecular flexibility index (Phi) is 3.86. The molecule has 0 aromatic heterocycles. The molecule has 0 aliphatic carbocycles. The highest BCUT2D eigenvalue weighted by Gasteiger charge is 2.20. The monoisotopic (exact) mass is 291 g/mol. The van der Waals surface area contributed by atoms with Gasteiger partial charge in [0.05, 0.1) is 4.92 Å². The van der Waals surface area contributed by atoms with Gasteiger partial charge in [-0.05, 0) is 30.3 Å². The maximum atomic E-state index is 12.1. The quantitative estimate of drug-likeness (QED) is 0.516. The van der Waals surface area contributed by atoms with Crippen LogP contribution >= 0.6 is 11.6 Å². The zero-order chi connectivity index (χ0) is 14.7. The Morgan fingerprint density at radius 1 is 1.25 bits per heavy atom. The number of anilines is 2. The van der Waals surface area contributed by atoms with Gasteiger partial charge in [-0.25, -0.2) is 0 Å². The minimum Gasteiger partial charge on any atom is -0.399 e. The molecule has 20 heavy (non-hydrogen) atoms. The van der Waals surface area contributed by atoms with E-state index in [1.165, 1.54) is 18.2 Å². The fourth-order valence-corrected chi connectivity index (χ4v) is 1.84. The second kappa shape index (κ2) is 5.58. The van der Waals surface area contributed by atoms with Crippen LogP contribution in [0.1, 0.15) is 10.4 Å². The predicted octanol–water partition coefficient (Wildman–Crippen LogP) is 3.08. The van der Waals surface area contributed by atoms with Gasteiger partial charge in [-0.15, -0.1) is 0 Å². The van der Waals surface area contributed by atoms with Crippen molar-refractivity contribution in [3.8, 4) is 0 Å². The molecular weight excluding hydrogens is 282 g/mol. The second-order valence-electron chi connectivity index (χ2n) is 4.00. The van der Waals surface area contributed by atoms with Gasteiger partial charge in [0.2, 0.25) is 0 Å². The van der Waals surface area contributed by atoms with Crippen LogP contribution < -0.4 is 11.1 Å². The van der Waals surface area contributed by atoms with Crippen LogP contribution in [0.25, 0.3) is 0 Å². The number of hydrogen-bond donors (Lipinski definition) is 2. The molecule has 0 atom stereocenters. The molecule has 3 N–H and O–H groups in total. The molecular formula is C13H10ClN3O3. The zero-order valence-electron chi connectivity index (χ0n) is 10.2. The lowest BCUT2D eigenvalue weighted by atomic mass is 10.1. The molecule has 102 valence electrons. The Morgan fingerprint density at radius 2 is 2.00 bits per heavy atom. The number of hydrogen-bond acceptors (Lipinski definition) is 4. The summed E-state index contributed by atoms with van der Waals surface area (Å²) < 4.78 is 0. The first-order valence-corrected chi connectivity index (χ1v) is 5.96. The predicted molar refractivity (Wildman–Crippen MR) is 76.9 cm³/mol. The average Bonchev–Trinajstić information content (AvgIpc) is 2.38. The van der Waals surface area contributed by atoms with Crippen molar-refractivity contribution in [1.29, 1.82) is 0 Å². The standard InChI is InChI=1S/C13H10ClN3O3/c14-8-4-5-12(17(19)20)11(6-8)13(18)16-10-3-1-2-9(15)7-10/h1-7H,15H2,(H,16,18). The molecule has 0 fully saturated rings. The average molecular weight is 292 g/mol. The van der Waals surface area contributed by atoms with E-state index in [-0.39, 0.29) is 16.3 Å². The summed E-state index contributed by atoms with van der Waals surface area (Å²) in [5.74, 6) is -0.621. The number of nitrogens with two attached hydrogens (primary N) is 1.